The van der Waals surface area contributed by atoms with Crippen molar-refractivity contribution in [2.75, 3.05) is 0 Å². The zero-order valence-corrected chi connectivity index (χ0v) is 13.2. The summed E-state index contributed by atoms with van der Waals surface area (Å²) in [6.07, 6.45) is 1.45. The number of fused-ring (bicyclic) bond motifs is 1. The molecule has 1 fully saturated rings. The molecule has 8 heteroatoms. The Morgan fingerprint density at radius 2 is 1.71 bits per heavy atom. The van der Waals surface area contributed by atoms with Crippen LogP contribution in [0.2, 0.25) is 0 Å². The van der Waals surface area contributed by atoms with Crippen molar-refractivity contribution in [3.05, 3.63) is 53.4 Å². The number of rotatable bonds is 4. The lowest BCUT2D eigenvalue weighted by atomic mass is 10.3. The lowest BCUT2D eigenvalue weighted by Gasteiger charge is -2.13. The molecular formula is C16H11N3O4S. The van der Waals surface area contributed by atoms with Crippen LogP contribution in [0.4, 0.5) is 4.79 Å². The largest absolute Gasteiger partial charge is 0.467 e. The van der Waals surface area contributed by atoms with Crippen molar-refractivity contribution in [3.63, 3.8) is 0 Å². The van der Waals surface area contributed by atoms with E-state index in [4.69, 9.17) is 4.42 Å². The molecule has 3 heterocycles. The van der Waals surface area contributed by atoms with E-state index in [1.165, 1.54) is 17.6 Å². The monoisotopic (exact) mass is 341 g/mol. The number of nitrogens with zero attached hydrogens (tertiary/aromatic N) is 3. The molecule has 0 spiro atoms. The van der Waals surface area contributed by atoms with Gasteiger partial charge in [0.2, 0.25) is 0 Å². The average molecular weight is 341 g/mol. The second-order valence-electron chi connectivity index (χ2n) is 5.22. The number of benzene rings is 1. The van der Waals surface area contributed by atoms with Gasteiger partial charge in [0.05, 0.1) is 29.6 Å². The van der Waals surface area contributed by atoms with Crippen molar-refractivity contribution < 1.29 is 18.8 Å². The van der Waals surface area contributed by atoms with Crippen LogP contribution >= 0.6 is 11.3 Å². The zero-order valence-electron chi connectivity index (χ0n) is 12.3. The third-order valence-electron chi connectivity index (χ3n) is 3.66. The summed E-state index contributed by atoms with van der Waals surface area (Å²) in [6.45, 7) is -0.0792. The maximum Gasteiger partial charge on any atom is 0.335 e. The highest BCUT2D eigenvalue weighted by molar-refractivity contribution is 7.18. The van der Waals surface area contributed by atoms with Crippen LogP contribution < -0.4 is 0 Å². The van der Waals surface area contributed by atoms with Gasteiger partial charge in [-0.2, -0.15) is 0 Å². The van der Waals surface area contributed by atoms with E-state index in [2.05, 4.69) is 4.98 Å². The fraction of sp³-hybridized carbons (Fsp3) is 0.125. The zero-order chi connectivity index (χ0) is 16.7. The summed E-state index contributed by atoms with van der Waals surface area (Å²) in [6, 6.07) is 10.2. The van der Waals surface area contributed by atoms with Crippen molar-refractivity contribution in [2.45, 2.75) is 13.1 Å². The molecular weight excluding hydrogens is 330 g/mol. The average Bonchev–Trinajstić information content (AvgIpc) is 3.27. The maximum absolute atomic E-state index is 12.4. The molecule has 1 aliphatic rings. The van der Waals surface area contributed by atoms with Gasteiger partial charge in [0.25, 0.3) is 0 Å². The first kappa shape index (κ1) is 14.6. The summed E-state index contributed by atoms with van der Waals surface area (Å²) >= 11 is 1.39. The first-order chi connectivity index (χ1) is 11.6. The minimum atomic E-state index is -0.850. The Morgan fingerprint density at radius 1 is 0.958 bits per heavy atom. The summed E-state index contributed by atoms with van der Waals surface area (Å²) in [4.78, 5) is 42.8. The van der Waals surface area contributed by atoms with Gasteiger partial charge in [0.15, 0.2) is 0 Å². The molecule has 0 aliphatic carbocycles. The van der Waals surface area contributed by atoms with Crippen molar-refractivity contribution >= 4 is 39.4 Å². The molecule has 0 radical (unpaired) electrons. The molecule has 120 valence electrons. The van der Waals surface area contributed by atoms with Crippen LogP contribution in [0.1, 0.15) is 10.8 Å². The second kappa shape index (κ2) is 5.57. The summed E-state index contributed by atoms with van der Waals surface area (Å²) in [5, 5.41) is 0.602. The number of aromatic nitrogens is 1. The van der Waals surface area contributed by atoms with Gasteiger partial charge < -0.3 is 4.42 Å². The summed E-state index contributed by atoms with van der Waals surface area (Å²) in [7, 11) is 0. The van der Waals surface area contributed by atoms with Crippen LogP contribution in [0.3, 0.4) is 0 Å². The Labute approximate surface area is 140 Å². The van der Waals surface area contributed by atoms with Crippen molar-refractivity contribution in [3.8, 4) is 0 Å². The highest BCUT2D eigenvalue weighted by Gasteiger charge is 2.45. The molecule has 0 unspecified atom stereocenters. The molecule has 4 rings (SSSR count). The van der Waals surface area contributed by atoms with Crippen molar-refractivity contribution in [1.82, 2.24) is 14.8 Å². The molecule has 7 nitrogen and oxygen atoms in total. The molecule has 4 amide bonds. The van der Waals surface area contributed by atoms with E-state index >= 15 is 0 Å². The number of imide groups is 2. The van der Waals surface area contributed by atoms with E-state index < -0.39 is 17.8 Å². The van der Waals surface area contributed by atoms with Crippen LogP contribution in [0, 0.1) is 0 Å². The number of hydrogen-bond acceptors (Lipinski definition) is 6. The smallest absolute Gasteiger partial charge is 0.335 e. The number of para-hydroxylation sites is 1. The molecule has 1 aliphatic heterocycles. The molecule has 0 atom stereocenters. The van der Waals surface area contributed by atoms with Crippen LogP contribution in [0.5, 0.6) is 0 Å². The highest BCUT2D eigenvalue weighted by atomic mass is 32.1. The van der Waals surface area contributed by atoms with Gasteiger partial charge in [-0.3, -0.25) is 9.59 Å². The quantitative estimate of drug-likeness (QED) is 0.537. The Balaban J connectivity index is 1.57. The first-order valence-electron chi connectivity index (χ1n) is 7.17. The number of urea groups is 1. The fourth-order valence-corrected chi connectivity index (χ4v) is 3.47. The van der Waals surface area contributed by atoms with E-state index in [1.54, 1.807) is 12.1 Å². The highest BCUT2D eigenvalue weighted by Crippen LogP contribution is 2.25. The van der Waals surface area contributed by atoms with Gasteiger partial charge >= 0.3 is 17.8 Å². The normalized spacial score (nSPS) is 15.1. The number of hydrogen-bond donors (Lipinski definition) is 0. The minimum absolute atomic E-state index is 0.0165. The maximum atomic E-state index is 12.4. The third kappa shape index (κ3) is 2.37. The third-order valence-corrected chi connectivity index (χ3v) is 4.68. The molecule has 1 saturated heterocycles. The van der Waals surface area contributed by atoms with Gasteiger partial charge in [-0.25, -0.2) is 19.6 Å². The number of carbonyl (C=O) groups excluding carboxylic acids is 3. The van der Waals surface area contributed by atoms with Gasteiger partial charge in [0, 0.05) is 0 Å². The van der Waals surface area contributed by atoms with Gasteiger partial charge in [-0.05, 0) is 24.3 Å². The Hall–Kier alpha value is -3.00. The number of carbonyl (C=O) groups is 3. The molecule has 1 aromatic carbocycles. The molecule has 24 heavy (non-hydrogen) atoms. The standard InChI is InChI=1S/C16H11N3O4S/c20-14-15(21)19(16(22)18(14)8-10-4-3-7-23-10)9-13-17-11-5-1-2-6-12(11)24-13/h1-7H,8-9H2. The second-order valence-corrected chi connectivity index (χ2v) is 6.34. The minimum Gasteiger partial charge on any atom is -0.467 e. The first-order valence-corrected chi connectivity index (χ1v) is 7.99. The molecule has 2 aromatic heterocycles. The van der Waals surface area contributed by atoms with E-state index in [0.717, 1.165) is 20.0 Å². The topological polar surface area (TPSA) is 83.7 Å². The summed E-state index contributed by atoms with van der Waals surface area (Å²) in [5.41, 5.74) is 0.801. The molecule has 0 bridgehead atoms. The number of amides is 4. The van der Waals surface area contributed by atoms with E-state index in [-0.39, 0.29) is 13.1 Å². The van der Waals surface area contributed by atoms with E-state index in [0.29, 0.717) is 10.8 Å². The summed E-state index contributed by atoms with van der Waals surface area (Å²) in [5.74, 6) is -1.25. The van der Waals surface area contributed by atoms with Crippen LogP contribution in [0.25, 0.3) is 10.2 Å². The Morgan fingerprint density at radius 3 is 2.42 bits per heavy atom. The Kier molecular flexibility index (Phi) is 3.39. The van der Waals surface area contributed by atoms with Gasteiger partial charge in [-0.1, -0.05) is 12.1 Å². The SMILES string of the molecule is O=C1C(=O)N(Cc2nc3ccccc3s2)C(=O)N1Cc1ccco1. The fourth-order valence-electron chi connectivity index (χ4n) is 2.51. The number of furan rings is 1. The van der Waals surface area contributed by atoms with Crippen LogP contribution in [0.15, 0.2) is 47.1 Å². The predicted molar refractivity (Wildman–Crippen MR) is 84.8 cm³/mol. The Bertz CT molecular complexity index is 914. The van der Waals surface area contributed by atoms with Gasteiger partial charge in [-0.15, -0.1) is 11.3 Å². The lowest BCUT2D eigenvalue weighted by molar-refractivity contribution is -0.143. The van der Waals surface area contributed by atoms with Crippen molar-refractivity contribution in [2.24, 2.45) is 0 Å². The lowest BCUT2D eigenvalue weighted by Crippen LogP contribution is -2.32. The van der Waals surface area contributed by atoms with E-state index in [9.17, 15) is 14.4 Å². The number of thiazole rings is 1. The van der Waals surface area contributed by atoms with Gasteiger partial charge in [0.1, 0.15) is 10.8 Å². The van der Waals surface area contributed by atoms with Crippen LogP contribution in [-0.2, 0) is 22.7 Å². The van der Waals surface area contributed by atoms with E-state index in [1.807, 2.05) is 24.3 Å². The predicted octanol–water partition coefficient (Wildman–Crippen LogP) is 2.38. The summed E-state index contributed by atoms with van der Waals surface area (Å²) < 4.78 is 6.10. The van der Waals surface area contributed by atoms with Crippen LogP contribution in [-0.4, -0.2) is 32.6 Å². The molecule has 3 aromatic rings. The van der Waals surface area contributed by atoms with Crippen molar-refractivity contribution in [1.29, 1.82) is 0 Å². The molecule has 0 N–H and O–H groups in total. The molecule has 0 saturated carbocycles.